The fourth-order valence-corrected chi connectivity index (χ4v) is 3.40. The summed E-state index contributed by atoms with van der Waals surface area (Å²) in [5, 5.41) is 2.67. The van der Waals surface area contributed by atoms with Gasteiger partial charge in [0.2, 0.25) is 0 Å². The van der Waals surface area contributed by atoms with Crippen LogP contribution < -0.4 is 19.7 Å². The molecular weight excluding hydrogens is 424 g/mol. The monoisotopic (exact) mass is 448 g/mol. The first-order chi connectivity index (χ1) is 15.9. The molecule has 0 aliphatic carbocycles. The van der Waals surface area contributed by atoms with Gasteiger partial charge in [-0.25, -0.2) is 0 Å². The third kappa shape index (κ3) is 5.06. The van der Waals surface area contributed by atoms with E-state index in [0.29, 0.717) is 35.1 Å². The number of amides is 2. The van der Waals surface area contributed by atoms with Crippen molar-refractivity contribution in [2.75, 3.05) is 24.7 Å². The number of nitrogens with one attached hydrogen (secondary N) is 1. The van der Waals surface area contributed by atoms with Gasteiger partial charge in [0.1, 0.15) is 17.3 Å². The number of furan rings is 1. The summed E-state index contributed by atoms with van der Waals surface area (Å²) in [5.74, 6) is 0.876. The highest BCUT2D eigenvalue weighted by Gasteiger charge is 2.28. The van der Waals surface area contributed by atoms with Crippen molar-refractivity contribution in [2.45, 2.75) is 20.4 Å². The number of carbonyl (C=O) groups is 3. The quantitative estimate of drug-likeness (QED) is 0.530. The summed E-state index contributed by atoms with van der Waals surface area (Å²) in [6, 6.07) is 15.6. The van der Waals surface area contributed by atoms with Crippen molar-refractivity contribution in [1.29, 1.82) is 0 Å². The molecule has 8 nitrogen and oxygen atoms in total. The summed E-state index contributed by atoms with van der Waals surface area (Å²) in [5.41, 5.74) is 1.96. The molecule has 3 aromatic rings. The number of rotatable bonds is 8. The molecule has 0 bridgehead atoms. The number of fused-ring (bicyclic) bond motifs is 1. The van der Waals surface area contributed by atoms with Crippen LogP contribution in [-0.4, -0.2) is 37.4 Å². The van der Waals surface area contributed by atoms with Crippen molar-refractivity contribution in [3.05, 3.63) is 77.2 Å². The zero-order chi connectivity index (χ0) is 23.4. The Hall–Kier alpha value is -4.07. The Kier molecular flexibility index (Phi) is 6.44. The Balaban J connectivity index is 1.51. The lowest BCUT2D eigenvalue weighted by Gasteiger charge is -2.29. The van der Waals surface area contributed by atoms with Crippen LogP contribution in [0.2, 0.25) is 0 Å². The lowest BCUT2D eigenvalue weighted by atomic mass is 10.1. The Labute approximate surface area is 191 Å². The van der Waals surface area contributed by atoms with Crippen LogP contribution >= 0.6 is 0 Å². The SMILES string of the molecule is CCNC(=O)c1ccc(CN2C(=O)COc3ccc(C(=O)COc4ccc(C)cc4)cc32)o1. The Morgan fingerprint density at radius 3 is 2.64 bits per heavy atom. The van der Waals surface area contributed by atoms with Crippen molar-refractivity contribution >= 4 is 23.3 Å². The third-order valence-electron chi connectivity index (χ3n) is 5.15. The Bertz CT molecular complexity index is 1180. The van der Waals surface area contributed by atoms with Crippen molar-refractivity contribution in [1.82, 2.24) is 5.32 Å². The fourth-order valence-electron chi connectivity index (χ4n) is 3.40. The number of anilines is 1. The van der Waals surface area contributed by atoms with Crippen LogP contribution in [0, 0.1) is 6.92 Å². The smallest absolute Gasteiger partial charge is 0.286 e. The first-order valence-electron chi connectivity index (χ1n) is 10.6. The maximum absolute atomic E-state index is 12.7. The largest absolute Gasteiger partial charge is 0.485 e. The molecule has 33 heavy (non-hydrogen) atoms. The van der Waals surface area contributed by atoms with Crippen LogP contribution in [0.4, 0.5) is 5.69 Å². The van der Waals surface area contributed by atoms with Crippen molar-refractivity contribution < 1.29 is 28.3 Å². The highest BCUT2D eigenvalue weighted by molar-refractivity contribution is 6.02. The van der Waals surface area contributed by atoms with E-state index >= 15 is 0 Å². The second-order valence-electron chi connectivity index (χ2n) is 7.60. The van der Waals surface area contributed by atoms with Crippen molar-refractivity contribution in [3.63, 3.8) is 0 Å². The normalized spacial score (nSPS) is 12.7. The molecule has 1 aromatic heterocycles. The molecule has 1 N–H and O–H groups in total. The summed E-state index contributed by atoms with van der Waals surface area (Å²) in [6.07, 6.45) is 0. The molecule has 0 unspecified atom stereocenters. The predicted octanol–water partition coefficient (Wildman–Crippen LogP) is 3.53. The zero-order valence-electron chi connectivity index (χ0n) is 18.4. The molecule has 8 heteroatoms. The standard InChI is InChI=1S/C25H24N2O6/c1-3-26-25(30)23-11-9-19(33-23)13-27-20-12-17(6-10-22(20)32-15-24(27)29)21(28)14-31-18-7-4-16(2)5-8-18/h4-12H,3,13-15H2,1-2H3,(H,26,30). The van der Waals surface area contributed by atoms with Gasteiger partial charge in [0.05, 0.1) is 12.2 Å². The fraction of sp³-hybridized carbons (Fsp3) is 0.240. The highest BCUT2D eigenvalue weighted by atomic mass is 16.5. The van der Waals surface area contributed by atoms with E-state index in [1.807, 2.05) is 38.1 Å². The second-order valence-corrected chi connectivity index (χ2v) is 7.60. The summed E-state index contributed by atoms with van der Waals surface area (Å²) in [7, 11) is 0. The summed E-state index contributed by atoms with van der Waals surface area (Å²) >= 11 is 0. The molecule has 2 aromatic carbocycles. The van der Waals surface area contributed by atoms with Crippen LogP contribution in [0.5, 0.6) is 11.5 Å². The third-order valence-corrected chi connectivity index (χ3v) is 5.15. The van der Waals surface area contributed by atoms with Crippen LogP contribution in [0.1, 0.15) is 39.2 Å². The molecule has 0 saturated carbocycles. The van der Waals surface area contributed by atoms with Crippen LogP contribution in [0.15, 0.2) is 59.0 Å². The molecule has 1 aliphatic heterocycles. The van der Waals surface area contributed by atoms with Gasteiger partial charge >= 0.3 is 0 Å². The number of aryl methyl sites for hydroxylation is 1. The number of hydrogen-bond acceptors (Lipinski definition) is 6. The van der Waals surface area contributed by atoms with E-state index in [0.717, 1.165) is 5.56 Å². The van der Waals surface area contributed by atoms with Crippen LogP contribution in [0.3, 0.4) is 0 Å². The van der Waals surface area contributed by atoms with E-state index in [4.69, 9.17) is 13.9 Å². The van der Waals surface area contributed by atoms with E-state index in [2.05, 4.69) is 5.32 Å². The molecule has 2 amide bonds. The Morgan fingerprint density at radius 1 is 1.09 bits per heavy atom. The number of hydrogen-bond donors (Lipinski definition) is 1. The van der Waals surface area contributed by atoms with Gasteiger partial charge < -0.3 is 19.2 Å². The van der Waals surface area contributed by atoms with Gasteiger partial charge in [-0.1, -0.05) is 17.7 Å². The minimum Gasteiger partial charge on any atom is -0.485 e. The maximum atomic E-state index is 12.7. The zero-order valence-corrected chi connectivity index (χ0v) is 18.4. The molecule has 170 valence electrons. The minimum absolute atomic E-state index is 0.103. The summed E-state index contributed by atoms with van der Waals surface area (Å²) < 4.78 is 16.7. The van der Waals surface area contributed by atoms with Gasteiger partial charge in [-0.2, -0.15) is 0 Å². The average Bonchev–Trinajstić information content (AvgIpc) is 3.29. The topological polar surface area (TPSA) is 98.1 Å². The van der Waals surface area contributed by atoms with Crippen molar-refractivity contribution in [3.8, 4) is 11.5 Å². The van der Waals surface area contributed by atoms with E-state index in [9.17, 15) is 14.4 Å². The summed E-state index contributed by atoms with van der Waals surface area (Å²) in [6.45, 7) is 4.11. The molecule has 0 radical (unpaired) electrons. The van der Waals surface area contributed by atoms with E-state index in [-0.39, 0.29) is 43.1 Å². The number of nitrogens with zero attached hydrogens (tertiary/aromatic N) is 1. The van der Waals surface area contributed by atoms with Gasteiger partial charge in [0, 0.05) is 12.1 Å². The first-order valence-corrected chi connectivity index (χ1v) is 10.6. The highest BCUT2D eigenvalue weighted by Crippen LogP contribution is 2.34. The molecule has 0 saturated heterocycles. The predicted molar refractivity (Wildman–Crippen MR) is 121 cm³/mol. The molecule has 1 aliphatic rings. The van der Waals surface area contributed by atoms with Gasteiger partial charge in [0.15, 0.2) is 24.8 Å². The maximum Gasteiger partial charge on any atom is 0.286 e. The number of carbonyl (C=O) groups excluding carboxylic acids is 3. The molecule has 0 spiro atoms. The minimum atomic E-state index is -0.320. The average molecular weight is 448 g/mol. The van der Waals surface area contributed by atoms with Crippen LogP contribution in [0.25, 0.3) is 0 Å². The van der Waals surface area contributed by atoms with Gasteiger partial charge in [-0.05, 0) is 56.3 Å². The Morgan fingerprint density at radius 2 is 1.88 bits per heavy atom. The summed E-state index contributed by atoms with van der Waals surface area (Å²) in [4.78, 5) is 38.8. The molecule has 0 atom stereocenters. The number of benzene rings is 2. The first kappa shape index (κ1) is 22.1. The van der Waals surface area contributed by atoms with Crippen molar-refractivity contribution in [2.24, 2.45) is 0 Å². The lowest BCUT2D eigenvalue weighted by Crippen LogP contribution is -2.38. The van der Waals surface area contributed by atoms with Gasteiger partial charge in [0.25, 0.3) is 11.8 Å². The number of ether oxygens (including phenoxy) is 2. The molecule has 0 fully saturated rings. The van der Waals surface area contributed by atoms with E-state index in [1.165, 1.54) is 4.90 Å². The molecular formula is C25H24N2O6. The van der Waals surface area contributed by atoms with Gasteiger partial charge in [-0.15, -0.1) is 0 Å². The van der Waals surface area contributed by atoms with E-state index in [1.54, 1.807) is 30.3 Å². The molecule has 4 rings (SSSR count). The van der Waals surface area contributed by atoms with Crippen LogP contribution in [-0.2, 0) is 11.3 Å². The second kappa shape index (κ2) is 9.60. The number of Topliss-reactive ketones (excluding diaryl/α,β-unsaturated/α-hetero) is 1. The number of ketones is 1. The molecule has 2 heterocycles. The van der Waals surface area contributed by atoms with Gasteiger partial charge in [-0.3, -0.25) is 19.3 Å². The van der Waals surface area contributed by atoms with E-state index < -0.39 is 0 Å². The lowest BCUT2D eigenvalue weighted by molar-refractivity contribution is -0.121.